The molecule has 2 atom stereocenters. The molecule has 0 saturated heterocycles. The molecule has 0 saturated carbocycles. The number of hydrogen-bond donors (Lipinski definition) is 3. The maximum atomic E-state index is 12.8. The lowest BCUT2D eigenvalue weighted by molar-refractivity contribution is -0.137. The van der Waals surface area contributed by atoms with Gasteiger partial charge in [0.15, 0.2) is 0 Å². The van der Waals surface area contributed by atoms with Crippen molar-refractivity contribution in [3.05, 3.63) is 65.7 Å². The molecule has 0 aliphatic rings. The highest BCUT2D eigenvalue weighted by Crippen LogP contribution is 2.30. The van der Waals surface area contributed by atoms with Crippen LogP contribution in [0.5, 0.6) is 0 Å². The summed E-state index contributed by atoms with van der Waals surface area (Å²) in [6.07, 6.45) is -3.86. The van der Waals surface area contributed by atoms with E-state index in [0.717, 1.165) is 12.1 Å². The Balaban J connectivity index is 2.06. The normalized spacial score (nSPS) is 13.3. The highest BCUT2D eigenvalue weighted by molar-refractivity contribution is 5.97. The lowest BCUT2D eigenvalue weighted by atomic mass is 9.98. The smallest absolute Gasteiger partial charge is 0.340 e. The number of anilines is 1. The van der Waals surface area contributed by atoms with Crippen LogP contribution >= 0.6 is 0 Å². The largest absolute Gasteiger partial charge is 0.416 e. The molecule has 0 spiro atoms. The Hall–Kier alpha value is -3.03. The number of alkyl halides is 3. The predicted octanol–water partition coefficient (Wildman–Crippen LogP) is 3.99. The highest BCUT2D eigenvalue weighted by Gasteiger charge is 2.30. The van der Waals surface area contributed by atoms with Crippen LogP contribution in [0, 0.1) is 5.92 Å². The molecule has 2 unspecified atom stereocenters. The Kier molecular flexibility index (Phi) is 7.03. The lowest BCUT2D eigenvalue weighted by Crippen LogP contribution is -2.51. The van der Waals surface area contributed by atoms with Crippen LogP contribution in [0.15, 0.2) is 54.6 Å². The van der Waals surface area contributed by atoms with Crippen LogP contribution in [0.2, 0.25) is 0 Å². The molecule has 0 aliphatic carbocycles. The van der Waals surface area contributed by atoms with Crippen molar-refractivity contribution in [1.82, 2.24) is 10.7 Å². The first-order chi connectivity index (χ1) is 13.2. The monoisotopic (exact) mass is 393 g/mol. The van der Waals surface area contributed by atoms with E-state index in [-0.39, 0.29) is 11.6 Å². The molecule has 0 heterocycles. The molecule has 28 heavy (non-hydrogen) atoms. The number of hydrazine groups is 1. The van der Waals surface area contributed by atoms with E-state index in [9.17, 15) is 22.8 Å². The molecular formula is C20H22F3N3O2. The second kappa shape index (κ2) is 9.25. The molecule has 0 fully saturated rings. The summed E-state index contributed by atoms with van der Waals surface area (Å²) < 4.78 is 38.4. The van der Waals surface area contributed by atoms with Gasteiger partial charge in [0.2, 0.25) is 0 Å². The Morgan fingerprint density at radius 2 is 1.71 bits per heavy atom. The molecule has 2 rings (SSSR count). The zero-order valence-electron chi connectivity index (χ0n) is 15.5. The molecule has 0 bridgehead atoms. The summed E-state index contributed by atoms with van der Waals surface area (Å²) in [7, 11) is 0. The van der Waals surface area contributed by atoms with Crippen molar-refractivity contribution >= 4 is 17.5 Å². The number of rotatable bonds is 7. The van der Waals surface area contributed by atoms with Gasteiger partial charge in [0, 0.05) is 5.56 Å². The van der Waals surface area contributed by atoms with Gasteiger partial charge in [-0.1, -0.05) is 44.5 Å². The van der Waals surface area contributed by atoms with Crippen LogP contribution in [-0.4, -0.2) is 17.9 Å². The number of benzene rings is 2. The van der Waals surface area contributed by atoms with Gasteiger partial charge in [-0.15, -0.1) is 0 Å². The third-order valence-electron chi connectivity index (χ3n) is 4.34. The molecule has 0 aromatic heterocycles. The van der Waals surface area contributed by atoms with Gasteiger partial charge in [-0.2, -0.15) is 13.2 Å². The summed E-state index contributed by atoms with van der Waals surface area (Å²) >= 11 is 0. The van der Waals surface area contributed by atoms with Crippen molar-refractivity contribution in [3.8, 4) is 0 Å². The van der Waals surface area contributed by atoms with Crippen molar-refractivity contribution in [2.45, 2.75) is 32.5 Å². The maximum absolute atomic E-state index is 12.8. The van der Waals surface area contributed by atoms with E-state index in [4.69, 9.17) is 0 Å². The Bertz CT molecular complexity index is 810. The number of halogens is 3. The van der Waals surface area contributed by atoms with Gasteiger partial charge in [0.1, 0.15) is 6.04 Å². The second-order valence-electron chi connectivity index (χ2n) is 6.40. The van der Waals surface area contributed by atoms with Crippen LogP contribution in [-0.2, 0) is 11.0 Å². The fourth-order valence-electron chi connectivity index (χ4n) is 2.50. The first-order valence-corrected chi connectivity index (χ1v) is 8.81. The second-order valence-corrected chi connectivity index (χ2v) is 6.40. The maximum Gasteiger partial charge on any atom is 0.416 e. The third-order valence-corrected chi connectivity index (χ3v) is 4.34. The molecule has 5 nitrogen and oxygen atoms in total. The van der Waals surface area contributed by atoms with Crippen molar-refractivity contribution in [1.29, 1.82) is 0 Å². The van der Waals surface area contributed by atoms with Gasteiger partial charge in [-0.3, -0.25) is 20.4 Å². The van der Waals surface area contributed by atoms with Gasteiger partial charge in [-0.05, 0) is 36.2 Å². The van der Waals surface area contributed by atoms with Crippen molar-refractivity contribution in [2.75, 3.05) is 5.43 Å². The first-order valence-electron chi connectivity index (χ1n) is 8.81. The minimum absolute atomic E-state index is 0.0838. The van der Waals surface area contributed by atoms with Gasteiger partial charge in [-0.25, -0.2) is 0 Å². The van der Waals surface area contributed by atoms with Gasteiger partial charge < -0.3 is 5.32 Å². The average Bonchev–Trinajstić information content (AvgIpc) is 2.69. The van der Waals surface area contributed by atoms with Gasteiger partial charge in [0.25, 0.3) is 11.8 Å². The molecule has 8 heteroatoms. The summed E-state index contributed by atoms with van der Waals surface area (Å²) in [5.74, 6) is -1.13. The summed E-state index contributed by atoms with van der Waals surface area (Å²) in [6.45, 7) is 3.68. The van der Waals surface area contributed by atoms with Crippen LogP contribution < -0.4 is 16.2 Å². The van der Waals surface area contributed by atoms with E-state index >= 15 is 0 Å². The quantitative estimate of drug-likeness (QED) is 0.623. The van der Waals surface area contributed by atoms with E-state index in [1.807, 2.05) is 6.92 Å². The average molecular weight is 393 g/mol. The third kappa shape index (κ3) is 5.73. The van der Waals surface area contributed by atoms with Crippen LogP contribution in [0.4, 0.5) is 18.9 Å². The molecule has 2 aromatic rings. The van der Waals surface area contributed by atoms with Crippen LogP contribution in [0.1, 0.15) is 36.2 Å². The van der Waals surface area contributed by atoms with E-state index in [0.29, 0.717) is 12.0 Å². The van der Waals surface area contributed by atoms with Gasteiger partial charge >= 0.3 is 6.18 Å². The lowest BCUT2D eigenvalue weighted by Gasteiger charge is -2.24. The molecule has 3 N–H and O–H groups in total. The zero-order chi connectivity index (χ0) is 20.7. The number of amides is 2. The van der Waals surface area contributed by atoms with Crippen LogP contribution in [0.25, 0.3) is 0 Å². The minimum atomic E-state index is -4.48. The molecule has 0 radical (unpaired) electrons. The topological polar surface area (TPSA) is 70.2 Å². The predicted molar refractivity (Wildman–Crippen MR) is 100 cm³/mol. The molecule has 150 valence electrons. The zero-order valence-corrected chi connectivity index (χ0v) is 15.5. The molecular weight excluding hydrogens is 371 g/mol. The highest BCUT2D eigenvalue weighted by atomic mass is 19.4. The summed E-state index contributed by atoms with van der Waals surface area (Å²) in [6, 6.07) is 12.1. The van der Waals surface area contributed by atoms with Crippen LogP contribution in [0.3, 0.4) is 0 Å². The summed E-state index contributed by atoms with van der Waals surface area (Å²) in [5.41, 5.74) is 4.52. The minimum Gasteiger partial charge on any atom is -0.340 e. The SMILES string of the molecule is CCC(C)C(NC(=O)c1ccccc1)C(=O)NNc1cccc(C(F)(F)F)c1. The Labute approximate surface area is 161 Å². The van der Waals surface area contributed by atoms with Crippen molar-refractivity contribution < 1.29 is 22.8 Å². The van der Waals surface area contributed by atoms with Gasteiger partial charge in [0.05, 0.1) is 11.3 Å². The fourth-order valence-corrected chi connectivity index (χ4v) is 2.50. The molecule has 2 amide bonds. The molecule has 0 aliphatic heterocycles. The van der Waals surface area contributed by atoms with E-state index < -0.39 is 29.6 Å². The fraction of sp³-hybridized carbons (Fsp3) is 0.300. The number of carbonyl (C=O) groups is 2. The van der Waals surface area contributed by atoms with Crippen molar-refractivity contribution in [2.24, 2.45) is 5.92 Å². The standard InChI is InChI=1S/C20H22F3N3O2/c1-3-13(2)17(24-18(27)14-8-5-4-6-9-14)19(28)26-25-16-11-7-10-15(12-16)20(21,22)23/h4-13,17,25H,3H2,1-2H3,(H,24,27)(H,26,28). The summed E-state index contributed by atoms with van der Waals surface area (Å²) in [5, 5.41) is 2.68. The number of carbonyl (C=O) groups excluding carboxylic acids is 2. The Morgan fingerprint density at radius 1 is 1.04 bits per heavy atom. The number of nitrogens with one attached hydrogen (secondary N) is 3. The van der Waals surface area contributed by atoms with E-state index in [2.05, 4.69) is 16.2 Å². The van der Waals surface area contributed by atoms with E-state index in [1.165, 1.54) is 12.1 Å². The van der Waals surface area contributed by atoms with Crippen molar-refractivity contribution in [3.63, 3.8) is 0 Å². The van der Waals surface area contributed by atoms with E-state index in [1.54, 1.807) is 37.3 Å². The molecule has 2 aromatic carbocycles. The number of hydrogen-bond acceptors (Lipinski definition) is 3. The first kappa shape index (κ1) is 21.3. The Morgan fingerprint density at radius 3 is 2.32 bits per heavy atom. The summed E-state index contributed by atoms with van der Waals surface area (Å²) in [4.78, 5) is 24.9.